The third-order valence-electron chi connectivity index (χ3n) is 3.46. The first-order chi connectivity index (χ1) is 5.21. The van der Waals surface area contributed by atoms with Gasteiger partial charge in [0.15, 0.2) is 0 Å². The van der Waals surface area contributed by atoms with E-state index in [9.17, 15) is 0 Å². The van der Waals surface area contributed by atoms with E-state index >= 15 is 0 Å². The van der Waals surface area contributed by atoms with Crippen molar-refractivity contribution in [2.45, 2.75) is 25.7 Å². The molecule has 3 N–H and O–H groups in total. The Morgan fingerprint density at radius 1 is 1.08 bits per heavy atom. The molecule has 0 amide bonds. The Morgan fingerprint density at radius 2 is 1.58 bits per heavy atom. The number of fused-ring (bicyclic) bond motifs is 5. The molecule has 2 unspecified atom stereocenters. The molecular formula is C11H15N. The zero-order valence-electron chi connectivity index (χ0n) is 7.67. The van der Waals surface area contributed by atoms with E-state index in [1.54, 1.807) is 11.1 Å². The summed E-state index contributed by atoms with van der Waals surface area (Å²) in [6.07, 6.45) is 0. The van der Waals surface area contributed by atoms with Gasteiger partial charge in [0.1, 0.15) is 0 Å². The van der Waals surface area contributed by atoms with Crippen molar-refractivity contribution in [2.24, 2.45) is 5.41 Å². The first-order valence-electron chi connectivity index (χ1n) is 4.31. The third kappa shape index (κ3) is 0.632. The first kappa shape index (κ1) is 7.81. The summed E-state index contributed by atoms with van der Waals surface area (Å²) in [4.78, 5) is 0. The molecule has 1 heteroatoms. The first-order valence-corrected chi connectivity index (χ1v) is 4.31. The minimum absolute atomic E-state index is 0. The van der Waals surface area contributed by atoms with Gasteiger partial charge < -0.3 is 6.15 Å². The highest BCUT2D eigenvalue weighted by molar-refractivity contribution is 5.50. The Labute approximate surface area is 73.4 Å². The van der Waals surface area contributed by atoms with Gasteiger partial charge >= 0.3 is 0 Å². The molecule has 0 aromatic heterocycles. The van der Waals surface area contributed by atoms with Crippen molar-refractivity contribution >= 4 is 0 Å². The fourth-order valence-corrected chi connectivity index (χ4v) is 2.83. The monoisotopic (exact) mass is 161 g/mol. The van der Waals surface area contributed by atoms with Crippen LogP contribution in [0, 0.1) is 5.41 Å². The lowest BCUT2D eigenvalue weighted by Crippen LogP contribution is -1.94. The predicted molar refractivity (Wildman–Crippen MR) is 50.7 cm³/mol. The van der Waals surface area contributed by atoms with Gasteiger partial charge in [0.05, 0.1) is 0 Å². The molecule has 1 aromatic carbocycles. The van der Waals surface area contributed by atoms with Gasteiger partial charge in [0.25, 0.3) is 0 Å². The molecule has 0 spiro atoms. The van der Waals surface area contributed by atoms with Crippen molar-refractivity contribution < 1.29 is 0 Å². The molecule has 3 rings (SSSR count). The molecule has 2 aliphatic rings. The molecule has 0 heterocycles. The fourth-order valence-electron chi connectivity index (χ4n) is 2.83. The van der Waals surface area contributed by atoms with Crippen molar-refractivity contribution in [3.63, 3.8) is 0 Å². The van der Waals surface area contributed by atoms with Crippen LogP contribution >= 0.6 is 0 Å². The molecule has 12 heavy (non-hydrogen) atoms. The summed E-state index contributed by atoms with van der Waals surface area (Å²) in [5, 5.41) is 0. The van der Waals surface area contributed by atoms with Crippen molar-refractivity contribution in [1.82, 2.24) is 6.15 Å². The van der Waals surface area contributed by atoms with E-state index in [1.807, 2.05) is 0 Å². The lowest BCUT2D eigenvalue weighted by molar-refractivity contribution is 0.594. The van der Waals surface area contributed by atoms with Crippen LogP contribution < -0.4 is 6.15 Å². The van der Waals surface area contributed by atoms with Crippen molar-refractivity contribution in [3.05, 3.63) is 35.4 Å². The average molecular weight is 161 g/mol. The Morgan fingerprint density at radius 3 is 2.08 bits per heavy atom. The molecule has 2 bridgehead atoms. The maximum absolute atomic E-state index is 2.38. The van der Waals surface area contributed by atoms with Crippen LogP contribution in [0.25, 0.3) is 0 Å². The van der Waals surface area contributed by atoms with Gasteiger partial charge in [0.2, 0.25) is 0 Å². The van der Waals surface area contributed by atoms with Crippen molar-refractivity contribution in [3.8, 4) is 0 Å². The SMILES string of the molecule is CC1(C)C2c3cccc(c3)C21.N. The van der Waals surface area contributed by atoms with Crippen LogP contribution in [0.1, 0.15) is 36.8 Å². The molecule has 1 saturated carbocycles. The van der Waals surface area contributed by atoms with E-state index in [4.69, 9.17) is 0 Å². The largest absolute Gasteiger partial charge is 0.344 e. The van der Waals surface area contributed by atoms with E-state index < -0.39 is 0 Å². The van der Waals surface area contributed by atoms with Crippen LogP contribution in [0.5, 0.6) is 0 Å². The highest BCUT2D eigenvalue weighted by Crippen LogP contribution is 2.73. The summed E-state index contributed by atoms with van der Waals surface area (Å²) in [6.45, 7) is 4.75. The zero-order chi connectivity index (χ0) is 7.64. The third-order valence-corrected chi connectivity index (χ3v) is 3.46. The van der Waals surface area contributed by atoms with Crippen molar-refractivity contribution in [1.29, 1.82) is 0 Å². The minimum atomic E-state index is 0. The summed E-state index contributed by atoms with van der Waals surface area (Å²) in [7, 11) is 0. The van der Waals surface area contributed by atoms with Gasteiger partial charge in [-0.1, -0.05) is 38.1 Å². The van der Waals surface area contributed by atoms with Crippen LogP contribution in [0.4, 0.5) is 0 Å². The molecule has 0 saturated heterocycles. The predicted octanol–water partition coefficient (Wildman–Crippen LogP) is 3.07. The Hall–Kier alpha value is -0.820. The summed E-state index contributed by atoms with van der Waals surface area (Å²) < 4.78 is 0. The number of benzene rings is 1. The number of rotatable bonds is 0. The second-order valence-corrected chi connectivity index (χ2v) is 4.45. The average Bonchev–Trinajstić information content (AvgIpc) is 2.42. The topological polar surface area (TPSA) is 35.0 Å². The van der Waals surface area contributed by atoms with Crippen LogP contribution in [0.2, 0.25) is 0 Å². The van der Waals surface area contributed by atoms with E-state index in [2.05, 4.69) is 38.1 Å². The maximum atomic E-state index is 2.38. The smallest absolute Gasteiger partial charge is 0.00303 e. The zero-order valence-corrected chi connectivity index (χ0v) is 7.67. The van der Waals surface area contributed by atoms with Crippen LogP contribution in [-0.2, 0) is 0 Å². The standard InChI is InChI=1S/C11H12.H3N/c1-11(2)9-7-4-3-5-8(6-7)10(9)11;/h3-6,9-10H,1-2H3;1H3. The summed E-state index contributed by atoms with van der Waals surface area (Å²) in [5.41, 5.74) is 3.70. The molecule has 2 aliphatic carbocycles. The van der Waals surface area contributed by atoms with Gasteiger partial charge in [0, 0.05) is 0 Å². The van der Waals surface area contributed by atoms with Gasteiger partial charge in [-0.25, -0.2) is 0 Å². The quantitative estimate of drug-likeness (QED) is 0.623. The Kier molecular flexibility index (Phi) is 1.24. The Balaban J connectivity index is 0.000000563. The second kappa shape index (κ2) is 1.91. The number of hydrogen-bond donors (Lipinski definition) is 1. The molecule has 64 valence electrons. The lowest BCUT2D eigenvalue weighted by Gasteiger charge is -2.07. The van der Waals surface area contributed by atoms with E-state index in [-0.39, 0.29) is 6.15 Å². The fraction of sp³-hybridized carbons (Fsp3) is 0.455. The lowest BCUT2D eigenvalue weighted by atomic mass is 9.98. The van der Waals surface area contributed by atoms with Gasteiger partial charge in [-0.3, -0.25) is 0 Å². The Bertz CT molecular complexity index is 300. The summed E-state index contributed by atoms with van der Waals surface area (Å²) in [6, 6.07) is 9.08. The summed E-state index contributed by atoms with van der Waals surface area (Å²) >= 11 is 0. The number of hydrogen-bond acceptors (Lipinski definition) is 1. The summed E-state index contributed by atoms with van der Waals surface area (Å²) in [5.74, 6) is 1.71. The normalized spacial score (nSPS) is 32.2. The van der Waals surface area contributed by atoms with Crippen LogP contribution in [0.15, 0.2) is 24.3 Å². The highest BCUT2D eigenvalue weighted by atomic mass is 14.6. The molecule has 0 radical (unpaired) electrons. The maximum Gasteiger partial charge on any atom is -0.00303 e. The molecule has 2 atom stereocenters. The molecule has 1 aromatic rings. The molecule has 1 fully saturated rings. The van der Waals surface area contributed by atoms with E-state index in [0.717, 1.165) is 11.8 Å². The molecular weight excluding hydrogens is 146 g/mol. The van der Waals surface area contributed by atoms with Crippen LogP contribution in [-0.4, -0.2) is 0 Å². The van der Waals surface area contributed by atoms with Crippen LogP contribution in [0.3, 0.4) is 0 Å². The second-order valence-electron chi connectivity index (χ2n) is 4.45. The van der Waals surface area contributed by atoms with Gasteiger partial charge in [-0.2, -0.15) is 0 Å². The van der Waals surface area contributed by atoms with E-state index in [1.165, 1.54) is 0 Å². The molecule has 1 nitrogen and oxygen atoms in total. The highest BCUT2D eigenvalue weighted by Gasteiger charge is 2.61. The minimum Gasteiger partial charge on any atom is -0.344 e. The van der Waals surface area contributed by atoms with E-state index in [0.29, 0.717) is 5.41 Å². The molecule has 0 aliphatic heterocycles. The van der Waals surface area contributed by atoms with Crippen molar-refractivity contribution in [2.75, 3.05) is 0 Å². The van der Waals surface area contributed by atoms with Gasteiger partial charge in [-0.15, -0.1) is 0 Å². The van der Waals surface area contributed by atoms with Gasteiger partial charge in [-0.05, 0) is 28.4 Å².